The minimum absolute atomic E-state index is 0.325. The molecule has 2 aromatic heterocycles. The van der Waals surface area contributed by atoms with Crippen molar-refractivity contribution in [3.63, 3.8) is 0 Å². The zero-order chi connectivity index (χ0) is 65.4. The highest BCUT2D eigenvalue weighted by molar-refractivity contribution is 7.00. The fourth-order valence-electron chi connectivity index (χ4n) is 14.7. The van der Waals surface area contributed by atoms with Gasteiger partial charge in [-0.1, -0.05) is 165 Å². The average molecular weight is 1240 g/mol. The summed E-state index contributed by atoms with van der Waals surface area (Å²) in [5.41, 5.74) is 32.6. The van der Waals surface area contributed by atoms with Gasteiger partial charge in [-0.05, 0) is 225 Å². The van der Waals surface area contributed by atoms with Gasteiger partial charge in [0, 0.05) is 57.3 Å². The normalized spacial score (nSPS) is 13.0. The number of nitrogens with zero attached hydrogens (tertiary/aromatic N) is 9. The van der Waals surface area contributed by atoms with Gasteiger partial charge in [-0.2, -0.15) is 0 Å². The average Bonchev–Trinajstić information content (AvgIpc) is 0.683. The lowest BCUT2D eigenvalue weighted by atomic mass is 9.34. The maximum absolute atomic E-state index is 6.44. The molecule has 11 aromatic carbocycles. The summed E-state index contributed by atoms with van der Waals surface area (Å²) in [6.07, 6.45) is 0. The maximum Gasteiger partial charge on any atom is 0.256 e. The fraction of sp³-hybridized carbons (Fsp3) is 0.116. The highest BCUT2D eigenvalue weighted by Gasteiger charge is 2.49. The molecule has 4 aliphatic heterocycles. The minimum atomic E-state index is -0.325. The Morgan fingerprint density at radius 3 is 1.08 bits per heavy atom. The predicted octanol–water partition coefficient (Wildman–Crippen LogP) is 21.6. The standard InChI is InChI=1S/C86H72BN9/c1-53-11-29-63(30-12-53)90(64-31-13-54(2)14-32-64)71-49-78-83-79(50-71)95(70-43-25-60(8)26-44-70)85-80(96(83)76-48-62(10)28-46-75(76)92(78)67-37-19-57(5)20-38-67)51-73-84(89-85)94(69-41-23-59(7)24-42-69)77-52-81(91(65-33-15-55(3)16-34-65)66-35-17-56(4)18-36-66)88-86-82(77)87(73)72-47-61(9)27-45-74(72)93(86)68-39-21-58(6)22-40-68/h11-52H,1-10H3. The van der Waals surface area contributed by atoms with Crippen LogP contribution in [0.25, 0.3) is 0 Å². The highest BCUT2D eigenvalue weighted by Crippen LogP contribution is 2.65. The monoisotopic (exact) mass is 1240 g/mol. The number of aromatic nitrogens is 2. The van der Waals surface area contributed by atoms with Crippen LogP contribution in [0.4, 0.5) is 120 Å². The Hall–Kier alpha value is -11.6. The number of fused-ring (bicyclic) bond motifs is 8. The van der Waals surface area contributed by atoms with Crippen molar-refractivity contribution in [2.45, 2.75) is 69.2 Å². The molecule has 464 valence electrons. The third kappa shape index (κ3) is 9.60. The van der Waals surface area contributed by atoms with Crippen molar-refractivity contribution in [3.8, 4) is 0 Å². The quantitative estimate of drug-likeness (QED) is 0.125. The molecule has 0 unspecified atom stereocenters. The van der Waals surface area contributed by atoms with Crippen molar-refractivity contribution in [1.82, 2.24) is 9.97 Å². The number of pyridine rings is 2. The molecule has 13 aromatic rings. The van der Waals surface area contributed by atoms with Crippen molar-refractivity contribution in [2.24, 2.45) is 0 Å². The molecular weight excluding hydrogens is 1170 g/mol. The third-order valence-corrected chi connectivity index (χ3v) is 19.6. The van der Waals surface area contributed by atoms with E-state index in [2.05, 4.69) is 358 Å². The van der Waals surface area contributed by atoms with Crippen LogP contribution in [0.2, 0.25) is 0 Å². The molecule has 0 radical (unpaired) electrons. The largest absolute Gasteiger partial charge is 0.310 e. The van der Waals surface area contributed by atoms with Crippen LogP contribution >= 0.6 is 0 Å². The van der Waals surface area contributed by atoms with Crippen LogP contribution < -0.4 is 50.7 Å². The van der Waals surface area contributed by atoms with Crippen molar-refractivity contribution in [1.29, 1.82) is 0 Å². The predicted molar refractivity (Wildman–Crippen MR) is 404 cm³/mol. The second kappa shape index (κ2) is 22.6. The molecule has 0 saturated carbocycles. The lowest BCUT2D eigenvalue weighted by Crippen LogP contribution is -2.62. The van der Waals surface area contributed by atoms with Crippen LogP contribution in [0.5, 0.6) is 0 Å². The van der Waals surface area contributed by atoms with Gasteiger partial charge in [0.2, 0.25) is 0 Å². The van der Waals surface area contributed by atoms with Crippen LogP contribution in [0.1, 0.15) is 55.6 Å². The van der Waals surface area contributed by atoms with Crippen molar-refractivity contribution in [3.05, 3.63) is 310 Å². The first-order valence-electron chi connectivity index (χ1n) is 33.3. The summed E-state index contributed by atoms with van der Waals surface area (Å²) in [5, 5.41) is 0. The van der Waals surface area contributed by atoms with Crippen LogP contribution in [0, 0.1) is 69.2 Å². The summed E-state index contributed by atoms with van der Waals surface area (Å²) in [4.78, 5) is 29.6. The van der Waals surface area contributed by atoms with E-state index in [1.807, 2.05) is 0 Å². The summed E-state index contributed by atoms with van der Waals surface area (Å²) in [7, 11) is 0. The topological polar surface area (TPSA) is 48.5 Å². The van der Waals surface area contributed by atoms with Gasteiger partial charge in [-0.15, -0.1) is 0 Å². The van der Waals surface area contributed by atoms with Crippen LogP contribution in [-0.4, -0.2) is 16.7 Å². The number of anilines is 21. The molecule has 10 heteroatoms. The second-order valence-electron chi connectivity index (χ2n) is 26.8. The van der Waals surface area contributed by atoms with E-state index in [9.17, 15) is 0 Å². The first-order valence-corrected chi connectivity index (χ1v) is 33.3. The number of benzene rings is 11. The summed E-state index contributed by atoms with van der Waals surface area (Å²) >= 11 is 0. The molecule has 17 rings (SSSR count). The lowest BCUT2D eigenvalue weighted by Gasteiger charge is -2.48. The zero-order valence-corrected chi connectivity index (χ0v) is 55.9. The van der Waals surface area contributed by atoms with Crippen molar-refractivity contribution >= 4 is 143 Å². The number of aryl methyl sites for hydroxylation is 10. The van der Waals surface area contributed by atoms with Gasteiger partial charge in [0.05, 0.1) is 45.5 Å². The SMILES string of the molecule is Cc1ccc(N(c2ccc(C)cc2)c2cc3c4c(c2)N(c2ccc(C)cc2)c2nc5c(cc2N4c2cc(C)ccc2N3c2ccc(C)cc2)B2c3cc(C)ccc3N(c3ccc(C)cc3)c3nc(N(c4ccc(C)cc4)c4ccc(C)cc4)cc(c32)N5c2ccc(C)cc2)cc1. The molecule has 0 aliphatic carbocycles. The summed E-state index contributed by atoms with van der Waals surface area (Å²) in [5.74, 6) is 3.28. The van der Waals surface area contributed by atoms with Gasteiger partial charge in [0.1, 0.15) is 17.5 Å². The molecule has 0 spiro atoms. The van der Waals surface area contributed by atoms with Gasteiger partial charge in [-0.3, -0.25) is 19.6 Å². The smallest absolute Gasteiger partial charge is 0.256 e. The molecule has 0 saturated heterocycles. The number of hydrogen-bond acceptors (Lipinski definition) is 9. The Balaban J connectivity index is 1.01. The first kappa shape index (κ1) is 58.2. The van der Waals surface area contributed by atoms with Crippen molar-refractivity contribution < 1.29 is 0 Å². The van der Waals surface area contributed by atoms with Gasteiger partial charge in [0.25, 0.3) is 6.71 Å². The molecule has 0 atom stereocenters. The summed E-state index contributed by atoms with van der Waals surface area (Å²) in [6, 6.07) is 95.1. The molecule has 0 N–H and O–H groups in total. The van der Waals surface area contributed by atoms with E-state index < -0.39 is 0 Å². The van der Waals surface area contributed by atoms with Gasteiger partial charge >= 0.3 is 0 Å². The molecular formula is C86H72BN9. The minimum Gasteiger partial charge on any atom is -0.310 e. The highest BCUT2D eigenvalue weighted by atomic mass is 15.4. The Kier molecular flexibility index (Phi) is 13.7. The molecule has 0 fully saturated rings. The van der Waals surface area contributed by atoms with E-state index >= 15 is 0 Å². The van der Waals surface area contributed by atoms with Gasteiger partial charge < -0.3 is 14.7 Å². The van der Waals surface area contributed by atoms with Crippen molar-refractivity contribution in [2.75, 3.05) is 34.3 Å². The van der Waals surface area contributed by atoms with Crippen LogP contribution in [-0.2, 0) is 0 Å². The van der Waals surface area contributed by atoms with E-state index in [0.717, 1.165) is 136 Å². The Morgan fingerprint density at radius 2 is 0.615 bits per heavy atom. The van der Waals surface area contributed by atoms with Gasteiger partial charge in [0.15, 0.2) is 5.82 Å². The summed E-state index contributed by atoms with van der Waals surface area (Å²) < 4.78 is 0. The van der Waals surface area contributed by atoms with E-state index in [0.29, 0.717) is 0 Å². The van der Waals surface area contributed by atoms with E-state index in [1.54, 1.807) is 0 Å². The molecule has 0 bridgehead atoms. The lowest BCUT2D eigenvalue weighted by molar-refractivity contribution is 1.06. The van der Waals surface area contributed by atoms with E-state index in [1.165, 1.54) is 55.5 Å². The summed E-state index contributed by atoms with van der Waals surface area (Å²) in [6.45, 7) is 21.4. The maximum atomic E-state index is 6.44. The Labute approximate surface area is 563 Å². The van der Waals surface area contributed by atoms with Crippen LogP contribution in [0.3, 0.4) is 0 Å². The number of rotatable bonds is 10. The van der Waals surface area contributed by atoms with E-state index in [4.69, 9.17) is 9.97 Å². The third-order valence-electron chi connectivity index (χ3n) is 19.6. The Morgan fingerprint density at radius 1 is 0.240 bits per heavy atom. The first-order chi connectivity index (χ1) is 46.7. The second-order valence-corrected chi connectivity index (χ2v) is 26.8. The molecule has 6 heterocycles. The molecule has 0 amide bonds. The van der Waals surface area contributed by atoms with Crippen LogP contribution in [0.15, 0.2) is 255 Å². The zero-order valence-electron chi connectivity index (χ0n) is 55.9. The number of hydrogen-bond donors (Lipinski definition) is 0. The molecule has 4 aliphatic rings. The Bertz CT molecular complexity index is 4810. The molecule has 9 nitrogen and oxygen atoms in total. The van der Waals surface area contributed by atoms with E-state index in [-0.39, 0.29) is 6.71 Å². The van der Waals surface area contributed by atoms with Gasteiger partial charge in [-0.25, -0.2) is 9.97 Å². The molecule has 96 heavy (non-hydrogen) atoms. The fourth-order valence-corrected chi connectivity index (χ4v) is 14.7.